The molecule has 1 heterocycles. The van der Waals surface area contributed by atoms with Crippen LogP contribution in [0, 0.1) is 6.92 Å². The number of para-hydroxylation sites is 1. The van der Waals surface area contributed by atoms with E-state index in [-0.39, 0.29) is 18.9 Å². The summed E-state index contributed by atoms with van der Waals surface area (Å²) in [5, 5.41) is 0. The summed E-state index contributed by atoms with van der Waals surface area (Å²) in [7, 11) is 0. The Hall–Kier alpha value is -2.86. The first-order valence-electron chi connectivity index (χ1n) is 9.08. The topological polar surface area (TPSA) is 81.9 Å². The van der Waals surface area contributed by atoms with E-state index in [4.69, 9.17) is 15.2 Å². The number of hydrogen-bond acceptors (Lipinski definition) is 5. The fraction of sp³-hybridized carbons (Fsp3) is 0.333. The van der Waals surface area contributed by atoms with E-state index in [2.05, 4.69) is 6.07 Å². The summed E-state index contributed by atoms with van der Waals surface area (Å²) >= 11 is 0. The molecule has 2 aromatic rings. The van der Waals surface area contributed by atoms with Gasteiger partial charge in [0.2, 0.25) is 5.91 Å². The lowest BCUT2D eigenvalue weighted by atomic mass is 9.98. The first kappa shape index (κ1) is 18.9. The average Bonchev–Trinajstić information content (AvgIpc) is 3.06. The van der Waals surface area contributed by atoms with E-state index in [0.29, 0.717) is 12.3 Å². The van der Waals surface area contributed by atoms with Gasteiger partial charge in [-0.05, 0) is 55.2 Å². The fourth-order valence-electron chi connectivity index (χ4n) is 3.38. The average molecular weight is 368 g/mol. The molecule has 6 nitrogen and oxygen atoms in total. The lowest BCUT2D eigenvalue weighted by Gasteiger charge is -2.21. The third-order valence-corrected chi connectivity index (χ3v) is 4.69. The molecule has 1 aliphatic heterocycles. The van der Waals surface area contributed by atoms with Crippen molar-refractivity contribution in [3.05, 3.63) is 59.2 Å². The van der Waals surface area contributed by atoms with Crippen molar-refractivity contribution in [1.29, 1.82) is 0 Å². The number of carbonyl (C=O) groups is 2. The third-order valence-electron chi connectivity index (χ3n) is 4.69. The van der Waals surface area contributed by atoms with Crippen molar-refractivity contribution in [3.8, 4) is 5.75 Å². The molecule has 0 aromatic heterocycles. The summed E-state index contributed by atoms with van der Waals surface area (Å²) in [6, 6.07) is 12.7. The maximum absolute atomic E-state index is 12.7. The molecule has 6 heteroatoms. The minimum atomic E-state index is -0.739. The second-order valence-electron chi connectivity index (χ2n) is 6.54. The number of benzene rings is 2. The van der Waals surface area contributed by atoms with Crippen LogP contribution in [0.2, 0.25) is 0 Å². The Morgan fingerprint density at radius 3 is 2.74 bits per heavy atom. The van der Waals surface area contributed by atoms with E-state index in [1.807, 2.05) is 30.0 Å². The molecule has 2 N–H and O–H groups in total. The Labute approximate surface area is 158 Å². The molecule has 142 valence electrons. The number of rotatable bonds is 5. The van der Waals surface area contributed by atoms with Gasteiger partial charge in [0, 0.05) is 24.7 Å². The monoisotopic (exact) mass is 368 g/mol. The van der Waals surface area contributed by atoms with Gasteiger partial charge in [0.05, 0.1) is 6.61 Å². The first-order chi connectivity index (χ1) is 13.0. The fourth-order valence-corrected chi connectivity index (χ4v) is 3.38. The van der Waals surface area contributed by atoms with Crippen LogP contribution in [-0.4, -0.2) is 25.2 Å². The van der Waals surface area contributed by atoms with Gasteiger partial charge in [-0.2, -0.15) is 0 Å². The Balaban J connectivity index is 1.67. The van der Waals surface area contributed by atoms with Gasteiger partial charge in [-0.1, -0.05) is 24.3 Å². The molecule has 0 aliphatic carbocycles. The number of anilines is 1. The molecule has 1 aliphatic rings. The molecule has 1 atom stereocenters. The van der Waals surface area contributed by atoms with Crippen molar-refractivity contribution >= 4 is 17.7 Å². The maximum Gasteiger partial charge on any atom is 0.513 e. The molecule has 0 bridgehead atoms. The smallest absolute Gasteiger partial charge is 0.434 e. The van der Waals surface area contributed by atoms with Crippen LogP contribution >= 0.6 is 0 Å². The number of amides is 1. The van der Waals surface area contributed by atoms with Crippen LogP contribution in [0.4, 0.5) is 10.5 Å². The predicted octanol–water partition coefficient (Wildman–Crippen LogP) is 3.51. The molecule has 0 saturated carbocycles. The standard InChI is InChI=1S/C21H24N2O4/c1-3-26-21(25)27-16-8-9-17(14(2)12-16)18(22)13-20(24)23-11-10-15-6-4-5-7-19(15)23/h4-9,12,18H,3,10-11,13,22H2,1-2H3. The zero-order valence-corrected chi connectivity index (χ0v) is 15.6. The highest BCUT2D eigenvalue weighted by Crippen LogP contribution is 2.30. The van der Waals surface area contributed by atoms with Gasteiger partial charge >= 0.3 is 6.16 Å². The maximum atomic E-state index is 12.7. The number of nitrogens with zero attached hydrogens (tertiary/aromatic N) is 1. The molecule has 1 unspecified atom stereocenters. The van der Waals surface area contributed by atoms with Crippen molar-refractivity contribution in [1.82, 2.24) is 0 Å². The van der Waals surface area contributed by atoms with Gasteiger partial charge in [0.15, 0.2) is 0 Å². The molecule has 0 radical (unpaired) electrons. The quantitative estimate of drug-likeness (QED) is 0.645. The van der Waals surface area contributed by atoms with Crippen molar-refractivity contribution in [2.45, 2.75) is 32.7 Å². The molecule has 0 spiro atoms. The highest BCUT2D eigenvalue weighted by Gasteiger charge is 2.26. The third kappa shape index (κ3) is 4.28. The molecular weight excluding hydrogens is 344 g/mol. The van der Waals surface area contributed by atoms with Crippen LogP contribution in [0.3, 0.4) is 0 Å². The zero-order valence-electron chi connectivity index (χ0n) is 15.6. The molecule has 3 rings (SSSR count). The number of nitrogens with two attached hydrogens (primary N) is 1. The SMILES string of the molecule is CCOC(=O)Oc1ccc(C(N)CC(=O)N2CCc3ccccc32)c(C)c1. The second kappa shape index (κ2) is 8.22. The summed E-state index contributed by atoms with van der Waals surface area (Å²) in [5.74, 6) is 0.403. The zero-order chi connectivity index (χ0) is 19.4. The van der Waals surface area contributed by atoms with E-state index < -0.39 is 12.2 Å². The predicted molar refractivity (Wildman–Crippen MR) is 103 cm³/mol. The van der Waals surface area contributed by atoms with E-state index in [1.54, 1.807) is 25.1 Å². The highest BCUT2D eigenvalue weighted by molar-refractivity contribution is 5.95. The lowest BCUT2D eigenvalue weighted by molar-refractivity contribution is -0.118. The van der Waals surface area contributed by atoms with Crippen LogP contribution in [0.25, 0.3) is 0 Å². The van der Waals surface area contributed by atoms with E-state index in [9.17, 15) is 9.59 Å². The molecule has 0 saturated heterocycles. The van der Waals surface area contributed by atoms with Gasteiger partial charge in [-0.3, -0.25) is 4.79 Å². The molecule has 0 fully saturated rings. The molecule has 27 heavy (non-hydrogen) atoms. The van der Waals surface area contributed by atoms with Crippen molar-refractivity contribution < 1.29 is 19.1 Å². The number of carbonyl (C=O) groups excluding carboxylic acids is 2. The van der Waals surface area contributed by atoms with Crippen LogP contribution in [0.15, 0.2) is 42.5 Å². The van der Waals surface area contributed by atoms with Gasteiger partial charge in [0.1, 0.15) is 5.75 Å². The van der Waals surface area contributed by atoms with Gasteiger partial charge < -0.3 is 20.1 Å². The summed E-state index contributed by atoms with van der Waals surface area (Å²) in [6.45, 7) is 4.53. The summed E-state index contributed by atoms with van der Waals surface area (Å²) in [5.41, 5.74) is 10.2. The Morgan fingerprint density at radius 2 is 2.00 bits per heavy atom. The highest BCUT2D eigenvalue weighted by atomic mass is 16.7. The number of ether oxygens (including phenoxy) is 2. The van der Waals surface area contributed by atoms with Gasteiger partial charge in [0.25, 0.3) is 0 Å². The summed E-state index contributed by atoms with van der Waals surface area (Å²) in [6.07, 6.45) is 0.348. The Morgan fingerprint density at radius 1 is 1.22 bits per heavy atom. The normalized spacial score (nSPS) is 13.8. The van der Waals surface area contributed by atoms with Crippen LogP contribution in [-0.2, 0) is 16.0 Å². The Bertz CT molecular complexity index is 850. The molecule has 1 amide bonds. The molecular formula is C21H24N2O4. The summed E-state index contributed by atoms with van der Waals surface area (Å²) < 4.78 is 9.86. The van der Waals surface area contributed by atoms with Crippen LogP contribution in [0.5, 0.6) is 5.75 Å². The van der Waals surface area contributed by atoms with Gasteiger partial charge in [-0.25, -0.2) is 4.79 Å². The lowest BCUT2D eigenvalue weighted by Crippen LogP contribution is -2.32. The molecule has 2 aromatic carbocycles. The van der Waals surface area contributed by atoms with Crippen molar-refractivity contribution in [2.75, 3.05) is 18.1 Å². The number of fused-ring (bicyclic) bond motifs is 1. The summed E-state index contributed by atoms with van der Waals surface area (Å²) in [4.78, 5) is 26.0. The van der Waals surface area contributed by atoms with E-state index in [0.717, 1.165) is 23.2 Å². The van der Waals surface area contributed by atoms with E-state index in [1.165, 1.54) is 5.56 Å². The largest absolute Gasteiger partial charge is 0.513 e. The Kier molecular flexibility index (Phi) is 5.76. The van der Waals surface area contributed by atoms with Crippen molar-refractivity contribution in [2.24, 2.45) is 5.73 Å². The number of hydrogen-bond donors (Lipinski definition) is 1. The minimum Gasteiger partial charge on any atom is -0.434 e. The minimum absolute atomic E-state index is 0.0127. The van der Waals surface area contributed by atoms with Crippen LogP contribution in [0.1, 0.15) is 36.1 Å². The van der Waals surface area contributed by atoms with Gasteiger partial charge in [-0.15, -0.1) is 0 Å². The second-order valence-corrected chi connectivity index (χ2v) is 6.54. The first-order valence-corrected chi connectivity index (χ1v) is 9.08. The van der Waals surface area contributed by atoms with Crippen molar-refractivity contribution in [3.63, 3.8) is 0 Å². The number of aryl methyl sites for hydroxylation is 1. The van der Waals surface area contributed by atoms with Crippen LogP contribution < -0.4 is 15.4 Å². The van der Waals surface area contributed by atoms with E-state index >= 15 is 0 Å².